The molecule has 0 saturated carbocycles. The number of unbranched alkanes of at least 4 members (excludes halogenated alkanes) is 1. The van der Waals surface area contributed by atoms with Gasteiger partial charge in [-0.05, 0) is 18.6 Å². The molecule has 2 nitrogen and oxygen atoms in total. The molecule has 1 aromatic rings. The SMILES string of the molecule is CCCC[S@](=O)C[C@@H](CO)Sc1ccccc1. The van der Waals surface area contributed by atoms with E-state index in [0.717, 1.165) is 23.5 Å². The molecule has 0 fully saturated rings. The zero-order valence-electron chi connectivity index (χ0n) is 10.2. The van der Waals surface area contributed by atoms with Gasteiger partial charge in [0.15, 0.2) is 0 Å². The van der Waals surface area contributed by atoms with Gasteiger partial charge in [-0.15, -0.1) is 11.8 Å². The average molecular weight is 272 g/mol. The lowest BCUT2D eigenvalue weighted by Crippen LogP contribution is -2.19. The van der Waals surface area contributed by atoms with Gasteiger partial charge in [-0.25, -0.2) is 0 Å². The molecule has 0 aliphatic carbocycles. The number of aliphatic hydroxyl groups excluding tert-OH is 1. The van der Waals surface area contributed by atoms with Gasteiger partial charge in [0.25, 0.3) is 0 Å². The van der Waals surface area contributed by atoms with Gasteiger partial charge in [-0.2, -0.15) is 0 Å². The van der Waals surface area contributed by atoms with Crippen LogP contribution in [-0.2, 0) is 10.8 Å². The predicted molar refractivity (Wildman–Crippen MR) is 76.0 cm³/mol. The van der Waals surface area contributed by atoms with Crippen molar-refractivity contribution in [3.63, 3.8) is 0 Å². The monoisotopic (exact) mass is 272 g/mol. The van der Waals surface area contributed by atoms with Crippen LogP contribution in [0.4, 0.5) is 0 Å². The number of hydrogen-bond donors (Lipinski definition) is 1. The van der Waals surface area contributed by atoms with Gasteiger partial charge in [-0.1, -0.05) is 31.5 Å². The van der Waals surface area contributed by atoms with Crippen molar-refractivity contribution < 1.29 is 9.32 Å². The Bertz CT molecular complexity index is 327. The first kappa shape index (κ1) is 14.7. The van der Waals surface area contributed by atoms with Gasteiger partial charge in [0, 0.05) is 32.5 Å². The first-order chi connectivity index (χ1) is 8.26. The molecule has 0 aromatic heterocycles. The maximum absolute atomic E-state index is 11.7. The highest BCUT2D eigenvalue weighted by atomic mass is 32.2. The van der Waals surface area contributed by atoms with E-state index in [2.05, 4.69) is 6.92 Å². The maximum atomic E-state index is 11.7. The van der Waals surface area contributed by atoms with Crippen LogP contribution in [-0.4, -0.2) is 32.7 Å². The molecule has 1 N–H and O–H groups in total. The van der Waals surface area contributed by atoms with Crippen LogP contribution in [0.5, 0.6) is 0 Å². The van der Waals surface area contributed by atoms with Crippen molar-refractivity contribution in [2.75, 3.05) is 18.1 Å². The Morgan fingerprint density at radius 1 is 1.35 bits per heavy atom. The van der Waals surface area contributed by atoms with Crippen molar-refractivity contribution >= 4 is 22.6 Å². The Morgan fingerprint density at radius 2 is 2.06 bits per heavy atom. The second kappa shape index (κ2) is 8.72. The van der Waals surface area contributed by atoms with Gasteiger partial charge in [0.05, 0.1) is 6.61 Å². The fraction of sp³-hybridized carbons (Fsp3) is 0.538. The molecule has 1 rings (SSSR count). The number of thioether (sulfide) groups is 1. The normalized spacial score (nSPS) is 14.5. The molecule has 0 aliphatic heterocycles. The van der Waals surface area contributed by atoms with Crippen molar-refractivity contribution in [1.29, 1.82) is 0 Å². The molecule has 0 amide bonds. The van der Waals surface area contributed by atoms with E-state index in [4.69, 9.17) is 0 Å². The summed E-state index contributed by atoms with van der Waals surface area (Å²) in [6.07, 6.45) is 2.07. The zero-order valence-corrected chi connectivity index (χ0v) is 11.8. The van der Waals surface area contributed by atoms with Crippen LogP contribution in [0, 0.1) is 0 Å². The summed E-state index contributed by atoms with van der Waals surface area (Å²) in [7, 11) is -0.804. The van der Waals surface area contributed by atoms with Crippen LogP contribution in [0.25, 0.3) is 0 Å². The Balaban J connectivity index is 2.41. The third-order valence-corrected chi connectivity index (χ3v) is 5.27. The molecule has 17 heavy (non-hydrogen) atoms. The lowest BCUT2D eigenvalue weighted by atomic mass is 10.4. The zero-order chi connectivity index (χ0) is 12.5. The van der Waals surface area contributed by atoms with Crippen molar-refractivity contribution in [1.82, 2.24) is 0 Å². The number of rotatable bonds is 8. The second-order valence-corrected chi connectivity index (χ2v) is 6.89. The molecule has 2 atom stereocenters. The third-order valence-electron chi connectivity index (χ3n) is 2.35. The lowest BCUT2D eigenvalue weighted by Gasteiger charge is -2.13. The Hall–Kier alpha value is -0.320. The molecule has 0 unspecified atom stereocenters. The number of benzene rings is 1. The topological polar surface area (TPSA) is 37.3 Å². The second-order valence-electron chi connectivity index (χ2n) is 3.90. The summed E-state index contributed by atoms with van der Waals surface area (Å²) in [5.74, 6) is 1.33. The molecule has 0 aliphatic rings. The molecule has 4 heteroatoms. The van der Waals surface area contributed by atoms with Crippen molar-refractivity contribution in [2.45, 2.75) is 29.9 Å². The molecule has 96 valence electrons. The van der Waals surface area contributed by atoms with Gasteiger partial charge < -0.3 is 5.11 Å². The predicted octanol–water partition coefficient (Wildman–Crippen LogP) is 2.69. The molecular weight excluding hydrogens is 252 g/mol. The first-order valence-corrected chi connectivity index (χ1v) is 8.30. The summed E-state index contributed by atoms with van der Waals surface area (Å²) in [6.45, 7) is 2.18. The fourth-order valence-corrected chi connectivity index (χ4v) is 4.21. The molecular formula is C13H20O2S2. The Morgan fingerprint density at radius 3 is 2.65 bits per heavy atom. The standard InChI is InChI=1S/C13H20O2S2/c1-2-3-9-17(15)11-13(10-14)16-12-7-5-4-6-8-12/h4-8,13-14H,2-3,9-11H2,1H3/t13-,17+/m1/s1. The highest BCUT2D eigenvalue weighted by Crippen LogP contribution is 2.23. The van der Waals surface area contributed by atoms with E-state index in [-0.39, 0.29) is 11.9 Å². The summed E-state index contributed by atoms with van der Waals surface area (Å²) >= 11 is 1.61. The molecule has 0 heterocycles. The highest BCUT2D eigenvalue weighted by Gasteiger charge is 2.13. The smallest absolute Gasteiger partial charge is 0.0562 e. The van der Waals surface area contributed by atoms with E-state index in [9.17, 15) is 9.32 Å². The average Bonchev–Trinajstić information content (AvgIpc) is 2.36. The van der Waals surface area contributed by atoms with E-state index >= 15 is 0 Å². The van der Waals surface area contributed by atoms with Crippen molar-refractivity contribution in [2.24, 2.45) is 0 Å². The fourth-order valence-electron chi connectivity index (χ4n) is 1.41. The Labute approximate surface area is 110 Å². The van der Waals surface area contributed by atoms with Crippen molar-refractivity contribution in [3.05, 3.63) is 30.3 Å². The lowest BCUT2D eigenvalue weighted by molar-refractivity contribution is 0.301. The molecule has 0 radical (unpaired) electrons. The van der Waals surface area contributed by atoms with Crippen LogP contribution >= 0.6 is 11.8 Å². The molecule has 0 saturated heterocycles. The molecule has 0 spiro atoms. The highest BCUT2D eigenvalue weighted by molar-refractivity contribution is 8.00. The minimum atomic E-state index is -0.804. The number of aliphatic hydroxyl groups is 1. The van der Waals surface area contributed by atoms with E-state index in [1.54, 1.807) is 11.8 Å². The van der Waals surface area contributed by atoms with Crippen LogP contribution in [0.3, 0.4) is 0 Å². The minimum absolute atomic E-state index is 0.0371. The maximum Gasteiger partial charge on any atom is 0.0562 e. The van der Waals surface area contributed by atoms with E-state index in [0.29, 0.717) is 5.75 Å². The first-order valence-electron chi connectivity index (χ1n) is 5.93. The van der Waals surface area contributed by atoms with E-state index < -0.39 is 10.8 Å². The summed E-state index contributed by atoms with van der Waals surface area (Å²) in [5.41, 5.74) is 0. The van der Waals surface area contributed by atoms with Crippen LogP contribution < -0.4 is 0 Å². The van der Waals surface area contributed by atoms with Gasteiger partial charge in [-0.3, -0.25) is 4.21 Å². The molecule has 1 aromatic carbocycles. The quantitative estimate of drug-likeness (QED) is 0.739. The van der Waals surface area contributed by atoms with Crippen molar-refractivity contribution in [3.8, 4) is 0 Å². The van der Waals surface area contributed by atoms with Crippen LogP contribution in [0.2, 0.25) is 0 Å². The van der Waals surface area contributed by atoms with Crippen LogP contribution in [0.1, 0.15) is 19.8 Å². The largest absolute Gasteiger partial charge is 0.395 e. The summed E-state index contributed by atoms with van der Waals surface area (Å²) in [5, 5.41) is 9.34. The Kier molecular flexibility index (Phi) is 7.56. The van der Waals surface area contributed by atoms with Gasteiger partial charge in [0.1, 0.15) is 0 Å². The number of hydrogen-bond acceptors (Lipinski definition) is 3. The van der Waals surface area contributed by atoms with Gasteiger partial charge >= 0.3 is 0 Å². The summed E-state index contributed by atoms with van der Waals surface area (Å²) in [6, 6.07) is 9.96. The van der Waals surface area contributed by atoms with E-state index in [1.165, 1.54) is 0 Å². The summed E-state index contributed by atoms with van der Waals surface area (Å²) in [4.78, 5) is 1.12. The summed E-state index contributed by atoms with van der Waals surface area (Å²) < 4.78 is 11.7. The minimum Gasteiger partial charge on any atom is -0.395 e. The molecule has 0 bridgehead atoms. The van der Waals surface area contributed by atoms with E-state index in [1.807, 2.05) is 30.3 Å². The van der Waals surface area contributed by atoms with Crippen LogP contribution in [0.15, 0.2) is 35.2 Å². The van der Waals surface area contributed by atoms with Gasteiger partial charge in [0.2, 0.25) is 0 Å². The third kappa shape index (κ3) is 6.24.